The van der Waals surface area contributed by atoms with Crippen LogP contribution in [0.15, 0.2) is 6.07 Å². The molecule has 6 nitrogen and oxygen atoms in total. The average molecular weight is 279 g/mol. The van der Waals surface area contributed by atoms with Crippen molar-refractivity contribution in [1.82, 2.24) is 4.98 Å². The van der Waals surface area contributed by atoms with Gasteiger partial charge in [-0.15, -0.1) is 13.2 Å². The zero-order chi connectivity index (χ0) is 14.6. The first-order chi connectivity index (χ1) is 8.78. The number of carbonyl (C=O) groups is 1. The largest absolute Gasteiger partial charge is 0.573 e. The molecule has 106 valence electrons. The number of nitrogens with zero attached hydrogens (tertiary/aromatic N) is 1. The van der Waals surface area contributed by atoms with E-state index in [1.165, 1.54) is 0 Å². The van der Waals surface area contributed by atoms with Gasteiger partial charge < -0.3 is 20.9 Å². The molecule has 0 aliphatic carbocycles. The summed E-state index contributed by atoms with van der Waals surface area (Å²) in [5.74, 6) is -1.48. The van der Waals surface area contributed by atoms with Crippen LogP contribution in [0.4, 0.5) is 18.9 Å². The van der Waals surface area contributed by atoms with Crippen LogP contribution < -0.4 is 16.2 Å². The second-order valence-corrected chi connectivity index (χ2v) is 3.34. The van der Waals surface area contributed by atoms with Crippen LogP contribution in [0, 0.1) is 0 Å². The van der Waals surface area contributed by atoms with E-state index in [4.69, 9.17) is 11.5 Å². The zero-order valence-electron chi connectivity index (χ0n) is 9.95. The fourth-order valence-corrected chi connectivity index (χ4v) is 1.27. The van der Waals surface area contributed by atoms with Gasteiger partial charge in [0, 0.05) is 12.6 Å². The van der Waals surface area contributed by atoms with Gasteiger partial charge >= 0.3 is 12.3 Å². The Hall–Kier alpha value is -2.03. The summed E-state index contributed by atoms with van der Waals surface area (Å²) in [6.45, 7) is 1.30. The molecule has 0 aliphatic heterocycles. The molecule has 1 heterocycles. The van der Waals surface area contributed by atoms with Gasteiger partial charge in [-0.25, -0.2) is 9.78 Å². The van der Waals surface area contributed by atoms with E-state index >= 15 is 0 Å². The monoisotopic (exact) mass is 279 g/mol. The van der Waals surface area contributed by atoms with Gasteiger partial charge in [0.1, 0.15) is 0 Å². The third-order valence-electron chi connectivity index (χ3n) is 1.98. The van der Waals surface area contributed by atoms with E-state index in [2.05, 4.69) is 14.5 Å². The van der Waals surface area contributed by atoms with Crippen molar-refractivity contribution in [1.29, 1.82) is 0 Å². The Kier molecular flexibility index (Phi) is 4.54. The lowest BCUT2D eigenvalue weighted by atomic mass is 10.2. The summed E-state index contributed by atoms with van der Waals surface area (Å²) in [5.41, 5.74) is 9.89. The Morgan fingerprint density at radius 3 is 2.58 bits per heavy atom. The number of carbonyl (C=O) groups excluding carboxylic acids is 1. The van der Waals surface area contributed by atoms with E-state index in [-0.39, 0.29) is 30.2 Å². The lowest BCUT2D eigenvalue weighted by Crippen LogP contribution is -2.21. The number of esters is 1. The molecule has 4 N–H and O–H groups in total. The van der Waals surface area contributed by atoms with E-state index in [0.29, 0.717) is 0 Å². The normalized spacial score (nSPS) is 11.2. The van der Waals surface area contributed by atoms with Gasteiger partial charge in [0.15, 0.2) is 11.4 Å². The Labute approximate surface area is 106 Å². The quantitative estimate of drug-likeness (QED) is 0.803. The molecule has 0 amide bonds. The Balaban J connectivity index is 3.17. The number of hydrogen-bond acceptors (Lipinski definition) is 6. The van der Waals surface area contributed by atoms with Crippen LogP contribution in [-0.2, 0) is 11.3 Å². The molecule has 1 rings (SSSR count). The zero-order valence-corrected chi connectivity index (χ0v) is 9.95. The highest BCUT2D eigenvalue weighted by molar-refractivity contribution is 5.93. The van der Waals surface area contributed by atoms with Crippen LogP contribution in [-0.4, -0.2) is 23.9 Å². The minimum atomic E-state index is -4.90. The molecule has 0 unspecified atom stereocenters. The van der Waals surface area contributed by atoms with Crippen molar-refractivity contribution in [3.05, 3.63) is 17.5 Å². The molecule has 0 aromatic carbocycles. The van der Waals surface area contributed by atoms with E-state index in [0.717, 1.165) is 6.07 Å². The maximum atomic E-state index is 12.1. The fourth-order valence-electron chi connectivity index (χ4n) is 1.27. The minimum absolute atomic E-state index is 0.0821. The van der Waals surface area contributed by atoms with Crippen LogP contribution in [0.1, 0.15) is 23.1 Å². The summed E-state index contributed by atoms with van der Waals surface area (Å²) in [5, 5.41) is 0. The third kappa shape index (κ3) is 3.98. The van der Waals surface area contributed by atoms with E-state index in [1.807, 2.05) is 0 Å². The molecule has 19 heavy (non-hydrogen) atoms. The number of alkyl halides is 3. The summed E-state index contributed by atoms with van der Waals surface area (Å²) in [7, 11) is 0. The molecule has 1 aromatic rings. The standard InChI is InChI=1S/C10H12F3N3O3/c1-2-18-9(17)8-5(15)3-7(6(4-14)16-8)19-10(11,12)13/h3H,2,4,14-15H2,1H3. The van der Waals surface area contributed by atoms with Crippen molar-refractivity contribution in [3.8, 4) is 5.75 Å². The SMILES string of the molecule is CCOC(=O)c1nc(CN)c(OC(F)(F)F)cc1N. The number of hydrogen-bond donors (Lipinski definition) is 2. The van der Waals surface area contributed by atoms with Gasteiger partial charge in [-0.05, 0) is 6.92 Å². The lowest BCUT2D eigenvalue weighted by Gasteiger charge is -2.14. The fraction of sp³-hybridized carbons (Fsp3) is 0.400. The molecule has 0 atom stereocenters. The molecule has 0 radical (unpaired) electrons. The van der Waals surface area contributed by atoms with Gasteiger partial charge in [-0.1, -0.05) is 0 Å². The summed E-state index contributed by atoms with van der Waals surface area (Å²) < 4.78 is 44.8. The van der Waals surface area contributed by atoms with Crippen LogP contribution in [0.5, 0.6) is 5.75 Å². The number of anilines is 1. The Bertz CT molecular complexity index is 477. The third-order valence-corrected chi connectivity index (χ3v) is 1.98. The van der Waals surface area contributed by atoms with Crippen LogP contribution in [0.2, 0.25) is 0 Å². The highest BCUT2D eigenvalue weighted by Crippen LogP contribution is 2.28. The first-order valence-electron chi connectivity index (χ1n) is 5.20. The van der Waals surface area contributed by atoms with Gasteiger partial charge in [-0.2, -0.15) is 0 Å². The predicted octanol–water partition coefficient (Wildman–Crippen LogP) is 1.20. The van der Waals surface area contributed by atoms with Crippen molar-refractivity contribution in [2.24, 2.45) is 5.73 Å². The van der Waals surface area contributed by atoms with Crippen molar-refractivity contribution < 1.29 is 27.4 Å². The van der Waals surface area contributed by atoms with E-state index in [1.54, 1.807) is 6.92 Å². The van der Waals surface area contributed by atoms with Crippen LogP contribution in [0.25, 0.3) is 0 Å². The number of ether oxygens (including phenoxy) is 2. The van der Waals surface area contributed by atoms with Gasteiger partial charge in [0.25, 0.3) is 0 Å². The summed E-state index contributed by atoms with van der Waals surface area (Å²) in [4.78, 5) is 15.1. The minimum Gasteiger partial charge on any atom is -0.461 e. The summed E-state index contributed by atoms with van der Waals surface area (Å²) in [6.07, 6.45) is -4.90. The molecule has 0 bridgehead atoms. The maximum Gasteiger partial charge on any atom is 0.573 e. The Morgan fingerprint density at radius 2 is 2.11 bits per heavy atom. The van der Waals surface area contributed by atoms with Crippen molar-refractivity contribution in [2.45, 2.75) is 19.8 Å². The van der Waals surface area contributed by atoms with E-state index < -0.39 is 18.1 Å². The van der Waals surface area contributed by atoms with Gasteiger partial charge in [0.05, 0.1) is 18.0 Å². The molecule has 0 fully saturated rings. The predicted molar refractivity (Wildman–Crippen MR) is 59.2 cm³/mol. The van der Waals surface area contributed by atoms with Crippen LogP contribution >= 0.6 is 0 Å². The first kappa shape index (κ1) is 15.0. The van der Waals surface area contributed by atoms with E-state index in [9.17, 15) is 18.0 Å². The second-order valence-electron chi connectivity index (χ2n) is 3.34. The van der Waals surface area contributed by atoms with Gasteiger partial charge in [-0.3, -0.25) is 0 Å². The molecular weight excluding hydrogens is 267 g/mol. The maximum absolute atomic E-state index is 12.1. The number of nitrogens with two attached hydrogens (primary N) is 2. The highest BCUT2D eigenvalue weighted by Gasteiger charge is 2.33. The number of pyridine rings is 1. The number of rotatable bonds is 4. The number of nitrogen functional groups attached to an aromatic ring is 1. The van der Waals surface area contributed by atoms with Crippen molar-refractivity contribution in [3.63, 3.8) is 0 Å². The van der Waals surface area contributed by atoms with Crippen LogP contribution in [0.3, 0.4) is 0 Å². The summed E-state index contributed by atoms with van der Waals surface area (Å²) >= 11 is 0. The van der Waals surface area contributed by atoms with Crippen molar-refractivity contribution >= 4 is 11.7 Å². The van der Waals surface area contributed by atoms with Gasteiger partial charge in [0.2, 0.25) is 0 Å². The topological polar surface area (TPSA) is 100 Å². The average Bonchev–Trinajstić information content (AvgIpc) is 2.27. The molecule has 0 saturated carbocycles. The Morgan fingerprint density at radius 1 is 1.47 bits per heavy atom. The lowest BCUT2D eigenvalue weighted by molar-refractivity contribution is -0.275. The van der Waals surface area contributed by atoms with Crippen molar-refractivity contribution in [2.75, 3.05) is 12.3 Å². The summed E-state index contributed by atoms with van der Waals surface area (Å²) in [6, 6.07) is 0.842. The number of halogens is 3. The molecule has 0 aliphatic rings. The number of aromatic nitrogens is 1. The molecule has 1 aromatic heterocycles. The smallest absolute Gasteiger partial charge is 0.461 e. The molecule has 0 saturated heterocycles. The molecule has 9 heteroatoms. The first-order valence-corrected chi connectivity index (χ1v) is 5.20. The molecule has 0 spiro atoms. The highest BCUT2D eigenvalue weighted by atomic mass is 19.4. The molecular formula is C10H12F3N3O3. The second kappa shape index (κ2) is 5.74.